The van der Waals surface area contributed by atoms with Gasteiger partial charge in [-0.3, -0.25) is 9.69 Å². The number of benzene rings is 2. The molecule has 2 fully saturated rings. The Bertz CT molecular complexity index is 946. The molecule has 2 aliphatic rings. The number of rotatable bonds is 7. The van der Waals surface area contributed by atoms with Crippen molar-refractivity contribution in [2.75, 3.05) is 34.4 Å². The molecule has 2 aromatic carbocycles. The zero-order chi connectivity index (χ0) is 22.5. The normalized spacial score (nSPS) is 20.9. The molecule has 1 amide bonds. The number of amides is 1. The van der Waals surface area contributed by atoms with E-state index in [1.807, 2.05) is 18.2 Å². The molecule has 2 saturated heterocycles. The van der Waals surface area contributed by atoms with Crippen LogP contribution in [0.2, 0.25) is 0 Å². The van der Waals surface area contributed by atoms with E-state index in [1.54, 1.807) is 33.1 Å². The minimum atomic E-state index is -0.0415. The number of nitrogens with one attached hydrogen (secondary N) is 1. The van der Waals surface area contributed by atoms with Crippen molar-refractivity contribution in [3.8, 4) is 17.2 Å². The molecule has 0 radical (unpaired) electrons. The summed E-state index contributed by atoms with van der Waals surface area (Å²) in [6.07, 6.45) is 5.30. The summed E-state index contributed by atoms with van der Waals surface area (Å²) in [5.41, 5.74) is 2.22. The van der Waals surface area contributed by atoms with Crippen LogP contribution in [-0.2, 0) is 11.2 Å². The van der Waals surface area contributed by atoms with Gasteiger partial charge < -0.3 is 19.5 Å². The Kier molecular flexibility index (Phi) is 7.27. The van der Waals surface area contributed by atoms with Gasteiger partial charge in [0.05, 0.1) is 26.2 Å². The highest BCUT2D eigenvalue weighted by atomic mass is 32.2. The number of hydrogen-bond acceptors (Lipinski definition) is 6. The zero-order valence-electron chi connectivity index (χ0n) is 18.8. The monoisotopic (exact) mass is 454 g/mol. The topological polar surface area (TPSA) is 60.0 Å². The summed E-state index contributed by atoms with van der Waals surface area (Å²) in [4.78, 5) is 15.7. The lowest BCUT2D eigenvalue weighted by Crippen LogP contribution is -2.45. The highest BCUT2D eigenvalue weighted by molar-refractivity contribution is 8.05. The summed E-state index contributed by atoms with van der Waals surface area (Å²) in [7, 11) is 4.75. The molecule has 7 heteroatoms. The highest BCUT2D eigenvalue weighted by Gasteiger charge is 2.34. The summed E-state index contributed by atoms with van der Waals surface area (Å²) in [5.74, 6) is 2.33. The second-order valence-corrected chi connectivity index (χ2v) is 9.20. The van der Waals surface area contributed by atoms with Crippen LogP contribution in [0.4, 0.5) is 0 Å². The molecule has 1 unspecified atom stereocenters. The fraction of sp³-hybridized carbons (Fsp3) is 0.400. The van der Waals surface area contributed by atoms with Crippen molar-refractivity contribution < 1.29 is 19.0 Å². The lowest BCUT2D eigenvalue weighted by molar-refractivity contribution is -0.117. The number of carbonyl (C=O) groups excluding carboxylic acids is 1. The Morgan fingerprint density at radius 1 is 1.03 bits per heavy atom. The Morgan fingerprint density at radius 2 is 1.69 bits per heavy atom. The number of nitrogens with zero attached hydrogens (tertiary/aromatic N) is 1. The van der Waals surface area contributed by atoms with Crippen LogP contribution in [-0.4, -0.2) is 50.7 Å². The molecule has 170 valence electrons. The summed E-state index contributed by atoms with van der Waals surface area (Å²) in [6, 6.07) is 14.4. The van der Waals surface area contributed by atoms with E-state index in [-0.39, 0.29) is 11.4 Å². The lowest BCUT2D eigenvalue weighted by atomic mass is 9.90. The van der Waals surface area contributed by atoms with Crippen molar-refractivity contribution in [1.29, 1.82) is 0 Å². The average Bonchev–Trinajstić information content (AvgIpc) is 3.19. The molecular weight excluding hydrogens is 424 g/mol. The number of ether oxygens (including phenoxy) is 3. The van der Waals surface area contributed by atoms with Gasteiger partial charge in [-0.1, -0.05) is 42.1 Å². The molecule has 0 bridgehead atoms. The predicted octanol–water partition coefficient (Wildman–Crippen LogP) is 4.15. The number of hydrogen-bond donors (Lipinski definition) is 1. The number of methoxy groups -OCH3 is 3. The van der Waals surface area contributed by atoms with Crippen molar-refractivity contribution in [2.45, 2.75) is 24.8 Å². The summed E-state index contributed by atoms with van der Waals surface area (Å²) >= 11 is 1.58. The summed E-state index contributed by atoms with van der Waals surface area (Å²) in [5, 5.41) is 3.13. The van der Waals surface area contributed by atoms with Crippen molar-refractivity contribution in [3.63, 3.8) is 0 Å². The molecule has 0 aromatic heterocycles. The minimum Gasteiger partial charge on any atom is -0.493 e. The van der Waals surface area contributed by atoms with Crippen LogP contribution in [0.25, 0.3) is 6.08 Å². The second kappa shape index (κ2) is 10.3. The van der Waals surface area contributed by atoms with Gasteiger partial charge in [0.25, 0.3) is 5.91 Å². The van der Waals surface area contributed by atoms with Gasteiger partial charge in [0, 0.05) is 13.1 Å². The summed E-state index contributed by atoms with van der Waals surface area (Å²) in [6.45, 7) is 1.99. The van der Waals surface area contributed by atoms with E-state index in [2.05, 4.69) is 40.5 Å². The van der Waals surface area contributed by atoms with E-state index in [4.69, 9.17) is 14.2 Å². The fourth-order valence-corrected chi connectivity index (χ4v) is 5.46. The van der Waals surface area contributed by atoms with Gasteiger partial charge in [0.2, 0.25) is 5.75 Å². The van der Waals surface area contributed by atoms with E-state index in [0.29, 0.717) is 28.1 Å². The molecule has 2 heterocycles. The van der Waals surface area contributed by atoms with E-state index >= 15 is 0 Å². The van der Waals surface area contributed by atoms with Crippen LogP contribution >= 0.6 is 11.8 Å². The SMILES string of the molecule is COc1cc(/C=C2\SC(N3CCC(Cc4ccccc4)CC3)NC2=O)cc(OC)c1OC. The first-order chi connectivity index (χ1) is 15.6. The quantitative estimate of drug-likeness (QED) is 0.634. The molecule has 32 heavy (non-hydrogen) atoms. The molecule has 1 atom stereocenters. The first-order valence-electron chi connectivity index (χ1n) is 10.9. The lowest BCUT2D eigenvalue weighted by Gasteiger charge is -2.35. The first-order valence-corrected chi connectivity index (χ1v) is 11.8. The third kappa shape index (κ3) is 5.05. The maximum atomic E-state index is 12.7. The van der Waals surface area contributed by atoms with Gasteiger partial charge in [-0.05, 0) is 54.5 Å². The molecular formula is C25H30N2O4S. The van der Waals surface area contributed by atoms with Crippen LogP contribution in [0.15, 0.2) is 47.4 Å². The van der Waals surface area contributed by atoms with Crippen LogP contribution in [0.1, 0.15) is 24.0 Å². The van der Waals surface area contributed by atoms with Gasteiger partial charge in [0.1, 0.15) is 5.50 Å². The van der Waals surface area contributed by atoms with Gasteiger partial charge >= 0.3 is 0 Å². The third-order valence-electron chi connectivity index (χ3n) is 6.05. The van der Waals surface area contributed by atoms with Gasteiger partial charge in [0.15, 0.2) is 11.5 Å². The molecule has 0 aliphatic carbocycles. The molecule has 1 N–H and O–H groups in total. The Hall–Kier alpha value is -2.64. The number of likely N-dealkylation sites (tertiary alicyclic amines) is 1. The smallest absolute Gasteiger partial charge is 0.259 e. The third-order valence-corrected chi connectivity index (χ3v) is 7.25. The average molecular weight is 455 g/mol. The Morgan fingerprint density at radius 3 is 2.28 bits per heavy atom. The molecule has 4 rings (SSSR count). The van der Waals surface area contributed by atoms with Crippen molar-refractivity contribution in [3.05, 3.63) is 58.5 Å². The van der Waals surface area contributed by atoms with Gasteiger partial charge in [-0.2, -0.15) is 0 Å². The molecule has 2 aliphatic heterocycles. The van der Waals surface area contributed by atoms with Crippen LogP contribution in [0.5, 0.6) is 17.2 Å². The highest BCUT2D eigenvalue weighted by Crippen LogP contribution is 2.40. The Balaban J connectivity index is 1.40. The van der Waals surface area contributed by atoms with E-state index < -0.39 is 0 Å². The summed E-state index contributed by atoms with van der Waals surface area (Å²) < 4.78 is 16.2. The molecule has 6 nitrogen and oxygen atoms in total. The largest absolute Gasteiger partial charge is 0.493 e. The molecule has 0 spiro atoms. The molecule has 2 aromatic rings. The second-order valence-electron chi connectivity index (χ2n) is 8.08. The van der Waals surface area contributed by atoms with Gasteiger partial charge in [-0.25, -0.2) is 0 Å². The predicted molar refractivity (Wildman–Crippen MR) is 128 cm³/mol. The van der Waals surface area contributed by atoms with Crippen molar-refractivity contribution in [1.82, 2.24) is 10.2 Å². The maximum absolute atomic E-state index is 12.7. The first kappa shape index (κ1) is 22.6. The standard InChI is InChI=1S/C25H30N2O4S/c1-29-20-14-19(15-21(30-2)23(20)31-3)16-22-24(28)26-25(32-22)27-11-9-18(10-12-27)13-17-7-5-4-6-8-17/h4-8,14-16,18,25H,9-13H2,1-3H3,(H,26,28)/b22-16-. The maximum Gasteiger partial charge on any atom is 0.259 e. The zero-order valence-corrected chi connectivity index (χ0v) is 19.6. The number of piperidine rings is 1. The van der Waals surface area contributed by atoms with E-state index in [1.165, 1.54) is 5.56 Å². The van der Waals surface area contributed by atoms with E-state index in [0.717, 1.165) is 37.9 Å². The van der Waals surface area contributed by atoms with Gasteiger partial charge in [-0.15, -0.1) is 0 Å². The van der Waals surface area contributed by atoms with Crippen LogP contribution < -0.4 is 19.5 Å². The molecule has 0 saturated carbocycles. The van der Waals surface area contributed by atoms with E-state index in [9.17, 15) is 4.79 Å². The fourth-order valence-electron chi connectivity index (χ4n) is 4.33. The number of thioether (sulfide) groups is 1. The van der Waals surface area contributed by atoms with Crippen molar-refractivity contribution >= 4 is 23.7 Å². The van der Waals surface area contributed by atoms with Crippen molar-refractivity contribution in [2.24, 2.45) is 5.92 Å². The van der Waals surface area contributed by atoms with Crippen LogP contribution in [0, 0.1) is 5.92 Å². The van der Waals surface area contributed by atoms with Crippen LogP contribution in [0.3, 0.4) is 0 Å². The number of carbonyl (C=O) groups is 1. The Labute approximate surface area is 193 Å². The minimum absolute atomic E-state index is 0.0199.